The summed E-state index contributed by atoms with van der Waals surface area (Å²) in [5.74, 6) is -0.408. The highest BCUT2D eigenvalue weighted by Crippen LogP contribution is 2.37. The van der Waals surface area contributed by atoms with Crippen molar-refractivity contribution in [2.75, 3.05) is 32.1 Å². The molecule has 3 heterocycles. The summed E-state index contributed by atoms with van der Waals surface area (Å²) in [6, 6.07) is 7.68. The number of anilines is 1. The predicted molar refractivity (Wildman–Crippen MR) is 185 cm³/mol. The van der Waals surface area contributed by atoms with Gasteiger partial charge in [-0.2, -0.15) is 0 Å². The minimum Gasteiger partial charge on any atom is -0.465 e. The van der Waals surface area contributed by atoms with Crippen LogP contribution < -0.4 is 10.4 Å². The molecule has 0 bridgehead atoms. The zero-order chi connectivity index (χ0) is 35.8. The molecule has 0 N–H and O–H groups in total. The monoisotopic (exact) mass is 665 g/mol. The lowest BCUT2D eigenvalue weighted by molar-refractivity contribution is 0.00578. The maximum atomic E-state index is 13.5. The molecule has 0 radical (unpaired) electrons. The Morgan fingerprint density at radius 3 is 2.17 bits per heavy atom. The first-order valence-corrected chi connectivity index (χ1v) is 16.6. The molecule has 1 aromatic carbocycles. The van der Waals surface area contributed by atoms with Gasteiger partial charge in [0.2, 0.25) is 0 Å². The molecule has 2 aliphatic rings. The van der Waals surface area contributed by atoms with Crippen LogP contribution in [0.15, 0.2) is 24.3 Å². The molecular weight excluding hydrogens is 613 g/mol. The van der Waals surface area contributed by atoms with Gasteiger partial charge in [-0.1, -0.05) is 12.1 Å². The number of aromatic nitrogens is 1. The SMILES string of the molecule is COC(=O)c1cc(CCCN(C)C(=O)OC(C)(C)C)cc2c1CN(c1ccc(B3OC(C)(C)C(C)(C)O3)c(C(=O)OC(C)(C)C)n1)CC2. The lowest BCUT2D eigenvalue weighted by Gasteiger charge is -2.32. The van der Waals surface area contributed by atoms with E-state index < -0.39 is 41.5 Å². The van der Waals surface area contributed by atoms with E-state index in [1.54, 1.807) is 11.9 Å². The Kier molecular flexibility index (Phi) is 10.6. The second kappa shape index (κ2) is 13.7. The Morgan fingerprint density at radius 1 is 0.958 bits per heavy atom. The van der Waals surface area contributed by atoms with Crippen LogP contribution in [0, 0.1) is 0 Å². The van der Waals surface area contributed by atoms with Crippen LogP contribution in [-0.4, -0.2) is 84.7 Å². The van der Waals surface area contributed by atoms with Crippen LogP contribution in [0.4, 0.5) is 10.6 Å². The van der Waals surface area contributed by atoms with Gasteiger partial charge in [0.15, 0.2) is 5.69 Å². The van der Waals surface area contributed by atoms with Gasteiger partial charge >= 0.3 is 25.2 Å². The first-order chi connectivity index (χ1) is 22.1. The van der Waals surface area contributed by atoms with Crippen LogP contribution in [0.3, 0.4) is 0 Å². The van der Waals surface area contributed by atoms with Crippen molar-refractivity contribution in [2.24, 2.45) is 0 Å². The summed E-state index contributed by atoms with van der Waals surface area (Å²) < 4.78 is 29.0. The van der Waals surface area contributed by atoms with Crippen molar-refractivity contribution in [1.82, 2.24) is 9.88 Å². The van der Waals surface area contributed by atoms with Gasteiger partial charge in [0.05, 0.1) is 23.9 Å². The maximum Gasteiger partial charge on any atom is 0.497 e. The molecule has 0 aliphatic carbocycles. The molecule has 2 aliphatic heterocycles. The third-order valence-corrected chi connectivity index (χ3v) is 8.81. The van der Waals surface area contributed by atoms with E-state index in [1.165, 1.54) is 7.11 Å². The van der Waals surface area contributed by atoms with E-state index in [9.17, 15) is 14.4 Å². The molecule has 2 aromatic rings. The lowest BCUT2D eigenvalue weighted by Crippen LogP contribution is -2.41. The predicted octanol–water partition coefficient (Wildman–Crippen LogP) is 5.48. The van der Waals surface area contributed by atoms with E-state index in [-0.39, 0.29) is 11.8 Å². The molecule has 262 valence electrons. The second-order valence-electron chi connectivity index (χ2n) is 15.6. The summed E-state index contributed by atoms with van der Waals surface area (Å²) >= 11 is 0. The van der Waals surface area contributed by atoms with Crippen LogP contribution in [0.1, 0.15) is 113 Å². The number of ether oxygens (including phenoxy) is 3. The molecule has 0 spiro atoms. The number of nitrogens with zero attached hydrogens (tertiary/aromatic N) is 3. The van der Waals surface area contributed by atoms with Crippen LogP contribution in [0.5, 0.6) is 0 Å². The minimum atomic E-state index is -0.797. The van der Waals surface area contributed by atoms with Crippen molar-refractivity contribution < 1.29 is 37.9 Å². The molecule has 12 heteroatoms. The molecule has 0 saturated carbocycles. The van der Waals surface area contributed by atoms with E-state index in [0.29, 0.717) is 55.7 Å². The van der Waals surface area contributed by atoms with Crippen molar-refractivity contribution in [3.05, 3.63) is 52.2 Å². The Morgan fingerprint density at radius 2 is 1.58 bits per heavy atom. The molecule has 48 heavy (non-hydrogen) atoms. The lowest BCUT2D eigenvalue weighted by atomic mass is 9.77. The smallest absolute Gasteiger partial charge is 0.465 e. The number of rotatable bonds is 8. The summed E-state index contributed by atoms with van der Waals surface area (Å²) in [5, 5.41) is 0. The number of esters is 2. The molecule has 1 saturated heterocycles. The van der Waals surface area contributed by atoms with Gasteiger partial charge in [0.25, 0.3) is 0 Å². The number of methoxy groups -OCH3 is 1. The molecule has 1 amide bonds. The summed E-state index contributed by atoms with van der Waals surface area (Å²) in [5.41, 5.74) is 1.55. The van der Waals surface area contributed by atoms with Crippen molar-refractivity contribution in [3.63, 3.8) is 0 Å². The summed E-state index contributed by atoms with van der Waals surface area (Å²) in [7, 11) is 2.30. The fraction of sp³-hybridized carbons (Fsp3) is 0.611. The van der Waals surface area contributed by atoms with Gasteiger partial charge in [0.1, 0.15) is 17.0 Å². The molecule has 1 aromatic heterocycles. The van der Waals surface area contributed by atoms with Crippen molar-refractivity contribution >= 4 is 36.4 Å². The average Bonchev–Trinajstić information content (AvgIpc) is 3.19. The molecule has 11 nitrogen and oxygen atoms in total. The molecule has 0 unspecified atom stereocenters. The number of aryl methyl sites for hydroxylation is 1. The normalized spacial score (nSPS) is 17.1. The average molecular weight is 666 g/mol. The van der Waals surface area contributed by atoms with Crippen LogP contribution >= 0.6 is 0 Å². The van der Waals surface area contributed by atoms with Crippen molar-refractivity contribution in [2.45, 2.75) is 117 Å². The quantitative estimate of drug-likeness (QED) is 0.204. The van der Waals surface area contributed by atoms with Gasteiger partial charge < -0.3 is 33.3 Å². The van der Waals surface area contributed by atoms with Gasteiger partial charge in [-0.15, -0.1) is 0 Å². The molecule has 1 fully saturated rings. The number of hydrogen-bond acceptors (Lipinski definition) is 10. The van der Waals surface area contributed by atoms with Gasteiger partial charge in [-0.25, -0.2) is 19.4 Å². The highest BCUT2D eigenvalue weighted by Gasteiger charge is 2.53. The number of carbonyl (C=O) groups excluding carboxylic acids is 3. The van der Waals surface area contributed by atoms with Gasteiger partial charge in [-0.3, -0.25) is 0 Å². The van der Waals surface area contributed by atoms with Crippen LogP contribution in [0.2, 0.25) is 0 Å². The molecular formula is C36H52BN3O8. The molecule has 4 rings (SSSR count). The third kappa shape index (κ3) is 8.68. The Bertz CT molecular complexity index is 1530. The number of carbonyl (C=O) groups is 3. The first-order valence-electron chi connectivity index (χ1n) is 16.6. The summed E-state index contributed by atoms with van der Waals surface area (Å²) in [6.07, 6.45) is 1.67. The number of fused-ring (bicyclic) bond motifs is 1. The fourth-order valence-electron chi connectivity index (χ4n) is 5.60. The minimum absolute atomic E-state index is 0.131. The van der Waals surface area contributed by atoms with Gasteiger partial charge in [-0.05, 0) is 117 Å². The van der Waals surface area contributed by atoms with Crippen molar-refractivity contribution in [3.8, 4) is 0 Å². The zero-order valence-corrected chi connectivity index (χ0v) is 30.7. The molecule has 0 atom stereocenters. The summed E-state index contributed by atoms with van der Waals surface area (Å²) in [6.45, 7) is 20.3. The number of amides is 1. The third-order valence-electron chi connectivity index (χ3n) is 8.81. The fourth-order valence-corrected chi connectivity index (χ4v) is 5.60. The number of pyridine rings is 1. The standard InChI is InChI=1S/C36H52BN3O8/c1-33(2,3)45-31(42)29-27(37-47-35(7,8)36(9,10)48-37)15-16-28(38-29)40-19-17-24-20-23(21-25(26(24)22-40)30(41)44-12)14-13-18-39(11)32(43)46-34(4,5)6/h15-16,20-21H,13-14,17-19,22H2,1-12H3. The Balaban J connectivity index is 1.59. The van der Waals surface area contributed by atoms with E-state index >= 15 is 0 Å². The van der Waals surface area contributed by atoms with E-state index in [2.05, 4.69) is 6.07 Å². The first kappa shape index (κ1) is 37.2. The Hall–Kier alpha value is -3.64. The van der Waals surface area contributed by atoms with Crippen molar-refractivity contribution in [1.29, 1.82) is 0 Å². The largest absolute Gasteiger partial charge is 0.497 e. The van der Waals surface area contributed by atoms with Gasteiger partial charge in [0, 0.05) is 32.1 Å². The highest BCUT2D eigenvalue weighted by atomic mass is 16.7. The topological polar surface area (TPSA) is 117 Å². The van der Waals surface area contributed by atoms with Crippen LogP contribution in [0.25, 0.3) is 0 Å². The van der Waals surface area contributed by atoms with E-state index in [4.69, 9.17) is 28.5 Å². The number of hydrogen-bond donors (Lipinski definition) is 0. The van der Waals surface area contributed by atoms with E-state index in [1.807, 2.05) is 92.3 Å². The zero-order valence-electron chi connectivity index (χ0n) is 30.7. The van der Waals surface area contributed by atoms with E-state index in [0.717, 1.165) is 16.7 Å². The maximum absolute atomic E-state index is 13.5. The summed E-state index contributed by atoms with van der Waals surface area (Å²) in [4.78, 5) is 47.4. The Labute approximate surface area is 285 Å². The van der Waals surface area contributed by atoms with Crippen LogP contribution in [-0.2, 0) is 42.9 Å². The highest BCUT2D eigenvalue weighted by molar-refractivity contribution is 6.63. The number of benzene rings is 1. The second-order valence-corrected chi connectivity index (χ2v) is 15.6.